The van der Waals surface area contributed by atoms with Gasteiger partial charge in [0.1, 0.15) is 11.9 Å². The van der Waals surface area contributed by atoms with Crippen molar-refractivity contribution in [2.45, 2.75) is 77.5 Å². The highest BCUT2D eigenvalue weighted by molar-refractivity contribution is 7.17. The molecule has 5 heteroatoms. The quantitative estimate of drug-likeness (QED) is 0.650. The van der Waals surface area contributed by atoms with E-state index in [2.05, 4.69) is 65.1 Å². The van der Waals surface area contributed by atoms with Crippen molar-refractivity contribution in [2.75, 3.05) is 13.7 Å². The van der Waals surface area contributed by atoms with E-state index in [4.69, 9.17) is 18.9 Å². The van der Waals surface area contributed by atoms with Crippen LogP contribution in [0, 0.1) is 0 Å². The molecule has 1 aliphatic rings. The Kier molecular flexibility index (Phi) is 5.88. The minimum Gasteiger partial charge on any atom is -0.496 e. The van der Waals surface area contributed by atoms with Crippen molar-refractivity contribution < 1.29 is 18.9 Å². The van der Waals surface area contributed by atoms with Crippen LogP contribution in [0.3, 0.4) is 0 Å². The molecule has 3 atom stereocenters. The van der Waals surface area contributed by atoms with E-state index in [0.717, 1.165) is 17.7 Å². The number of rotatable bonds is 5. The van der Waals surface area contributed by atoms with Gasteiger partial charge in [-0.1, -0.05) is 0 Å². The molecular formula is C22H32O4S. The molecule has 0 saturated carbocycles. The van der Waals surface area contributed by atoms with Crippen LogP contribution >= 0.6 is 11.3 Å². The van der Waals surface area contributed by atoms with Gasteiger partial charge in [-0.25, -0.2) is 0 Å². The van der Waals surface area contributed by atoms with Crippen molar-refractivity contribution >= 4 is 21.4 Å². The second kappa shape index (κ2) is 7.70. The Bertz CT molecular complexity index is 769. The molecule has 1 aromatic heterocycles. The Balaban J connectivity index is 1.85. The van der Waals surface area contributed by atoms with E-state index >= 15 is 0 Å². The second-order valence-corrected chi connectivity index (χ2v) is 10.1. The third-order valence-electron chi connectivity index (χ3n) is 4.54. The molecule has 2 aromatic rings. The maximum absolute atomic E-state index is 6.44. The molecule has 0 amide bonds. The maximum Gasteiger partial charge on any atom is 0.126 e. The molecule has 1 fully saturated rings. The van der Waals surface area contributed by atoms with Crippen LogP contribution < -0.4 is 4.74 Å². The molecular weight excluding hydrogens is 360 g/mol. The van der Waals surface area contributed by atoms with Crippen molar-refractivity contribution in [1.82, 2.24) is 0 Å². The summed E-state index contributed by atoms with van der Waals surface area (Å²) >= 11 is 1.72. The smallest absolute Gasteiger partial charge is 0.126 e. The van der Waals surface area contributed by atoms with Gasteiger partial charge in [0.25, 0.3) is 0 Å². The van der Waals surface area contributed by atoms with E-state index in [1.54, 1.807) is 18.4 Å². The molecule has 1 unspecified atom stereocenters. The van der Waals surface area contributed by atoms with E-state index in [0.29, 0.717) is 6.61 Å². The lowest BCUT2D eigenvalue weighted by Gasteiger charge is -2.29. The van der Waals surface area contributed by atoms with E-state index in [1.165, 1.54) is 10.1 Å². The van der Waals surface area contributed by atoms with Crippen LogP contribution in [-0.2, 0) is 14.2 Å². The van der Waals surface area contributed by atoms with Gasteiger partial charge in [0.05, 0.1) is 37.1 Å². The number of thiophene rings is 1. The van der Waals surface area contributed by atoms with Crippen LogP contribution in [-0.4, -0.2) is 37.1 Å². The first-order valence-electron chi connectivity index (χ1n) is 9.58. The number of benzene rings is 1. The van der Waals surface area contributed by atoms with Crippen LogP contribution in [0.2, 0.25) is 0 Å². The molecule has 0 N–H and O–H groups in total. The Morgan fingerprint density at radius 2 is 1.85 bits per heavy atom. The highest BCUT2D eigenvalue weighted by atomic mass is 32.1. The van der Waals surface area contributed by atoms with Gasteiger partial charge < -0.3 is 18.9 Å². The number of hydrogen-bond donors (Lipinski definition) is 0. The number of methoxy groups -OCH3 is 1. The lowest BCUT2D eigenvalue weighted by molar-refractivity contribution is -0.128. The van der Waals surface area contributed by atoms with Gasteiger partial charge in [0.2, 0.25) is 0 Å². The highest BCUT2D eigenvalue weighted by Crippen LogP contribution is 2.42. The molecule has 4 nitrogen and oxygen atoms in total. The molecule has 1 saturated heterocycles. The Morgan fingerprint density at radius 3 is 2.48 bits per heavy atom. The molecule has 150 valence electrons. The van der Waals surface area contributed by atoms with Crippen LogP contribution in [0.1, 0.15) is 59.6 Å². The van der Waals surface area contributed by atoms with E-state index in [1.807, 2.05) is 0 Å². The summed E-state index contributed by atoms with van der Waals surface area (Å²) in [6, 6.07) is 6.44. The van der Waals surface area contributed by atoms with Gasteiger partial charge in [0, 0.05) is 16.7 Å². The van der Waals surface area contributed by atoms with Crippen molar-refractivity contribution in [3.63, 3.8) is 0 Å². The van der Waals surface area contributed by atoms with Crippen molar-refractivity contribution in [3.8, 4) is 5.75 Å². The molecule has 0 bridgehead atoms. The summed E-state index contributed by atoms with van der Waals surface area (Å²) in [5.41, 5.74) is 0.648. The zero-order valence-electron chi connectivity index (χ0n) is 17.5. The van der Waals surface area contributed by atoms with E-state index in [9.17, 15) is 0 Å². The number of fused-ring (bicyclic) bond motifs is 1. The molecule has 27 heavy (non-hydrogen) atoms. The minimum atomic E-state index is -0.232. The summed E-state index contributed by atoms with van der Waals surface area (Å²) in [6.45, 7) is 13.0. The van der Waals surface area contributed by atoms with Crippen LogP contribution in [0.5, 0.6) is 5.75 Å². The van der Waals surface area contributed by atoms with Crippen molar-refractivity contribution in [3.05, 3.63) is 29.1 Å². The molecule has 0 spiro atoms. The largest absolute Gasteiger partial charge is 0.496 e. The summed E-state index contributed by atoms with van der Waals surface area (Å²) in [5, 5.41) is 3.33. The first-order valence-corrected chi connectivity index (χ1v) is 10.5. The maximum atomic E-state index is 6.44. The topological polar surface area (TPSA) is 36.9 Å². The minimum absolute atomic E-state index is 0.0137. The third kappa shape index (κ3) is 5.23. The van der Waals surface area contributed by atoms with Gasteiger partial charge in [-0.3, -0.25) is 0 Å². The monoisotopic (exact) mass is 392 g/mol. The SMILES string of the molecule is COc1cc2sccc2cc1[C@H]1CC(OC(C)(C)C)[C@@H](COC(C)(C)C)O1. The van der Waals surface area contributed by atoms with Gasteiger partial charge in [-0.2, -0.15) is 0 Å². The summed E-state index contributed by atoms with van der Waals surface area (Å²) in [6.07, 6.45) is 0.614. The van der Waals surface area contributed by atoms with Gasteiger partial charge in [-0.15, -0.1) is 11.3 Å². The van der Waals surface area contributed by atoms with Crippen molar-refractivity contribution in [2.24, 2.45) is 0 Å². The Morgan fingerprint density at radius 1 is 1.11 bits per heavy atom. The van der Waals surface area contributed by atoms with Crippen molar-refractivity contribution in [1.29, 1.82) is 0 Å². The predicted molar refractivity (Wildman–Crippen MR) is 111 cm³/mol. The van der Waals surface area contributed by atoms with Gasteiger partial charge in [-0.05, 0) is 70.5 Å². The summed E-state index contributed by atoms with van der Waals surface area (Å²) in [4.78, 5) is 0. The summed E-state index contributed by atoms with van der Waals surface area (Å²) in [5.74, 6) is 0.877. The van der Waals surface area contributed by atoms with Gasteiger partial charge >= 0.3 is 0 Å². The van der Waals surface area contributed by atoms with Gasteiger partial charge in [0.15, 0.2) is 0 Å². The number of hydrogen-bond acceptors (Lipinski definition) is 5. The predicted octanol–water partition coefficient (Wildman–Crippen LogP) is 5.74. The second-order valence-electron chi connectivity index (χ2n) is 9.14. The van der Waals surface area contributed by atoms with Crippen LogP contribution in [0.25, 0.3) is 10.1 Å². The van der Waals surface area contributed by atoms with E-state index < -0.39 is 0 Å². The average molecular weight is 393 g/mol. The standard InChI is InChI=1S/C22H32O4S/c1-21(2,3)24-13-19-18(26-22(4,5)6)11-17(25-19)15-10-14-8-9-27-20(14)12-16(15)23-7/h8-10,12,17-19H,11,13H2,1-7H3/t17-,18?,19-/m1/s1. The zero-order chi connectivity index (χ0) is 19.8. The molecule has 1 aromatic carbocycles. The Hall–Kier alpha value is -1.14. The zero-order valence-corrected chi connectivity index (χ0v) is 18.3. The lowest BCUT2D eigenvalue weighted by atomic mass is 10.0. The van der Waals surface area contributed by atoms with Crippen LogP contribution in [0.4, 0.5) is 0 Å². The lowest BCUT2D eigenvalue weighted by Crippen LogP contribution is -2.37. The molecule has 3 rings (SSSR count). The number of ether oxygens (including phenoxy) is 4. The summed E-state index contributed by atoms with van der Waals surface area (Å²) < 4.78 is 25.7. The molecule has 2 heterocycles. The Labute approximate surface area is 166 Å². The normalized spacial score (nSPS) is 23.9. The fourth-order valence-electron chi connectivity index (χ4n) is 3.41. The fraction of sp³-hybridized carbons (Fsp3) is 0.636. The first-order chi connectivity index (χ1) is 12.6. The third-order valence-corrected chi connectivity index (χ3v) is 5.42. The molecule has 0 aliphatic carbocycles. The van der Waals surface area contributed by atoms with Crippen LogP contribution in [0.15, 0.2) is 23.6 Å². The highest BCUT2D eigenvalue weighted by Gasteiger charge is 2.40. The first kappa shape index (κ1) is 20.6. The summed E-state index contributed by atoms with van der Waals surface area (Å²) in [7, 11) is 1.72. The fourth-order valence-corrected chi connectivity index (χ4v) is 4.21. The molecule has 1 aliphatic heterocycles. The molecule has 0 radical (unpaired) electrons. The van der Waals surface area contributed by atoms with E-state index in [-0.39, 0.29) is 29.5 Å². The average Bonchev–Trinajstić information content (AvgIpc) is 3.15.